The van der Waals surface area contributed by atoms with E-state index in [2.05, 4.69) is 12.2 Å². The van der Waals surface area contributed by atoms with Gasteiger partial charge < -0.3 is 15.1 Å². The van der Waals surface area contributed by atoms with E-state index in [0.29, 0.717) is 12.2 Å². The molecule has 0 fully saturated rings. The first kappa shape index (κ1) is 26.9. The van der Waals surface area contributed by atoms with Gasteiger partial charge in [-0.05, 0) is 67.3 Å². The zero-order valence-corrected chi connectivity index (χ0v) is 21.8. The Kier molecular flexibility index (Phi) is 9.23. The maximum Gasteiger partial charge on any atom is 0.255 e. The third-order valence-electron chi connectivity index (χ3n) is 6.61. The van der Waals surface area contributed by atoms with E-state index < -0.39 is 5.82 Å². The quantitative estimate of drug-likeness (QED) is 0.346. The summed E-state index contributed by atoms with van der Waals surface area (Å²) >= 11 is 0. The fourth-order valence-electron chi connectivity index (χ4n) is 4.43. The predicted octanol–water partition coefficient (Wildman–Crippen LogP) is 6.67. The highest BCUT2D eigenvalue weighted by Gasteiger charge is 2.27. The van der Waals surface area contributed by atoms with Crippen molar-refractivity contribution in [3.63, 3.8) is 0 Å². The highest BCUT2D eigenvalue weighted by molar-refractivity contribution is 6.04. The molecule has 2 amide bonds. The van der Waals surface area contributed by atoms with Crippen LogP contribution in [0.3, 0.4) is 0 Å². The number of hydrogen-bond donors (Lipinski definition) is 1. The molecule has 0 bridgehead atoms. The summed E-state index contributed by atoms with van der Waals surface area (Å²) < 4.78 is 13.6. The molecule has 0 aromatic heterocycles. The standard InChI is InChI=1S/C30H36FN3O2/c1-6-22(7-2)30(36)34(21(3)23-12-9-8-10-13-23)20-25-19-27(16-17-28(25)33(4)5)32-29(35)24-14-11-15-26(31)18-24/h8-19,21-22H,6-7,20H2,1-5H3,(H,32,35)/t21-/m1/s1. The van der Waals surface area contributed by atoms with Crippen LogP contribution in [0.2, 0.25) is 0 Å². The third kappa shape index (κ3) is 6.51. The topological polar surface area (TPSA) is 52.7 Å². The highest BCUT2D eigenvalue weighted by atomic mass is 19.1. The molecule has 0 aliphatic rings. The van der Waals surface area contributed by atoms with E-state index in [-0.39, 0.29) is 29.3 Å². The van der Waals surface area contributed by atoms with Crippen molar-refractivity contribution in [1.82, 2.24) is 4.90 Å². The molecule has 190 valence electrons. The number of rotatable bonds is 10. The molecule has 6 heteroatoms. The molecule has 0 heterocycles. The molecule has 0 aliphatic carbocycles. The molecule has 0 unspecified atom stereocenters. The molecule has 0 saturated heterocycles. The van der Waals surface area contributed by atoms with Crippen molar-refractivity contribution >= 4 is 23.2 Å². The number of anilines is 2. The number of carbonyl (C=O) groups is 2. The first-order valence-corrected chi connectivity index (χ1v) is 12.5. The second-order valence-corrected chi connectivity index (χ2v) is 9.27. The van der Waals surface area contributed by atoms with Crippen LogP contribution >= 0.6 is 0 Å². The van der Waals surface area contributed by atoms with Crippen molar-refractivity contribution in [3.05, 3.63) is 95.3 Å². The SMILES string of the molecule is CCC(CC)C(=O)N(Cc1cc(NC(=O)c2cccc(F)c2)ccc1N(C)C)[C@H](C)c1ccccc1. The van der Waals surface area contributed by atoms with Gasteiger partial charge in [-0.3, -0.25) is 9.59 Å². The Morgan fingerprint density at radius 2 is 1.61 bits per heavy atom. The molecule has 1 N–H and O–H groups in total. The van der Waals surface area contributed by atoms with Crippen molar-refractivity contribution in [2.75, 3.05) is 24.3 Å². The fourth-order valence-corrected chi connectivity index (χ4v) is 4.43. The second-order valence-electron chi connectivity index (χ2n) is 9.27. The van der Waals surface area contributed by atoms with E-state index in [0.717, 1.165) is 29.7 Å². The number of nitrogens with zero attached hydrogens (tertiary/aromatic N) is 2. The zero-order valence-electron chi connectivity index (χ0n) is 21.8. The maximum atomic E-state index is 13.7. The van der Waals surface area contributed by atoms with Gasteiger partial charge >= 0.3 is 0 Å². The van der Waals surface area contributed by atoms with E-state index in [1.807, 2.05) is 86.3 Å². The zero-order chi connectivity index (χ0) is 26.2. The maximum absolute atomic E-state index is 13.7. The van der Waals surface area contributed by atoms with Gasteiger partial charge in [-0.2, -0.15) is 0 Å². The summed E-state index contributed by atoms with van der Waals surface area (Å²) in [6, 6.07) is 21.2. The number of benzene rings is 3. The Morgan fingerprint density at radius 3 is 2.22 bits per heavy atom. The van der Waals surface area contributed by atoms with Gasteiger partial charge in [-0.25, -0.2) is 4.39 Å². The first-order valence-electron chi connectivity index (χ1n) is 12.5. The van der Waals surface area contributed by atoms with Gasteiger partial charge in [0.15, 0.2) is 0 Å². The van der Waals surface area contributed by atoms with Crippen LogP contribution in [-0.2, 0) is 11.3 Å². The molecule has 3 rings (SSSR count). The van der Waals surface area contributed by atoms with Gasteiger partial charge in [0.25, 0.3) is 5.91 Å². The summed E-state index contributed by atoms with van der Waals surface area (Å²) in [5.41, 5.74) is 3.78. The normalized spacial score (nSPS) is 11.8. The van der Waals surface area contributed by atoms with Crippen molar-refractivity contribution in [2.24, 2.45) is 5.92 Å². The lowest BCUT2D eigenvalue weighted by Crippen LogP contribution is -2.37. The molecule has 0 radical (unpaired) electrons. The number of hydrogen-bond acceptors (Lipinski definition) is 3. The van der Waals surface area contributed by atoms with Crippen LogP contribution in [0.4, 0.5) is 15.8 Å². The van der Waals surface area contributed by atoms with Crippen LogP contribution in [0.15, 0.2) is 72.8 Å². The van der Waals surface area contributed by atoms with Crippen molar-refractivity contribution in [3.8, 4) is 0 Å². The molecule has 0 aliphatic heterocycles. The molecule has 5 nitrogen and oxygen atoms in total. The van der Waals surface area contributed by atoms with Crippen LogP contribution in [0, 0.1) is 11.7 Å². The average Bonchev–Trinajstić information content (AvgIpc) is 2.88. The van der Waals surface area contributed by atoms with Crippen LogP contribution in [0.1, 0.15) is 61.1 Å². The van der Waals surface area contributed by atoms with Crippen LogP contribution in [0.5, 0.6) is 0 Å². The minimum absolute atomic E-state index is 0.0603. The third-order valence-corrected chi connectivity index (χ3v) is 6.61. The van der Waals surface area contributed by atoms with Gasteiger partial charge in [-0.15, -0.1) is 0 Å². The smallest absolute Gasteiger partial charge is 0.255 e. The van der Waals surface area contributed by atoms with E-state index in [9.17, 15) is 14.0 Å². The Labute approximate surface area is 213 Å². The predicted molar refractivity (Wildman–Crippen MR) is 145 cm³/mol. The highest BCUT2D eigenvalue weighted by Crippen LogP contribution is 2.31. The molecule has 0 saturated carbocycles. The Balaban J connectivity index is 1.97. The number of amides is 2. The Morgan fingerprint density at radius 1 is 0.917 bits per heavy atom. The summed E-state index contributed by atoms with van der Waals surface area (Å²) in [6.45, 7) is 6.54. The lowest BCUT2D eigenvalue weighted by molar-refractivity contribution is -0.138. The van der Waals surface area contributed by atoms with Gasteiger partial charge in [0, 0.05) is 43.5 Å². The largest absolute Gasteiger partial charge is 0.377 e. The summed E-state index contributed by atoms with van der Waals surface area (Å²) in [5.74, 6) is -0.789. The average molecular weight is 490 g/mol. The summed E-state index contributed by atoms with van der Waals surface area (Å²) in [5, 5.41) is 2.87. The number of nitrogens with one attached hydrogen (secondary N) is 1. The molecule has 36 heavy (non-hydrogen) atoms. The van der Waals surface area contributed by atoms with Gasteiger partial charge in [0.05, 0.1) is 6.04 Å². The minimum Gasteiger partial charge on any atom is -0.377 e. The minimum atomic E-state index is -0.461. The van der Waals surface area contributed by atoms with Gasteiger partial charge in [-0.1, -0.05) is 50.2 Å². The Bertz CT molecular complexity index is 1180. The van der Waals surface area contributed by atoms with E-state index >= 15 is 0 Å². The fraction of sp³-hybridized carbons (Fsp3) is 0.333. The summed E-state index contributed by atoms with van der Waals surface area (Å²) in [4.78, 5) is 30.4. The van der Waals surface area contributed by atoms with Crippen LogP contribution < -0.4 is 10.2 Å². The Hall–Kier alpha value is -3.67. The van der Waals surface area contributed by atoms with Gasteiger partial charge in [0.1, 0.15) is 5.82 Å². The molecule has 1 atom stereocenters. The molecule has 0 spiro atoms. The number of carbonyl (C=O) groups excluding carboxylic acids is 2. The van der Waals surface area contributed by atoms with Crippen molar-refractivity contribution in [1.29, 1.82) is 0 Å². The van der Waals surface area contributed by atoms with E-state index in [1.165, 1.54) is 18.2 Å². The molecular formula is C30H36FN3O2. The molecule has 3 aromatic carbocycles. The van der Waals surface area contributed by atoms with Crippen LogP contribution in [-0.4, -0.2) is 30.8 Å². The number of halogens is 1. The summed E-state index contributed by atoms with van der Waals surface area (Å²) in [6.07, 6.45) is 1.55. The lowest BCUT2D eigenvalue weighted by atomic mass is 9.98. The van der Waals surface area contributed by atoms with Crippen molar-refractivity contribution in [2.45, 2.75) is 46.2 Å². The first-order chi connectivity index (χ1) is 17.2. The lowest BCUT2D eigenvalue weighted by Gasteiger charge is -2.34. The van der Waals surface area contributed by atoms with Crippen LogP contribution in [0.25, 0.3) is 0 Å². The monoisotopic (exact) mass is 489 g/mol. The van der Waals surface area contributed by atoms with Gasteiger partial charge in [0.2, 0.25) is 5.91 Å². The van der Waals surface area contributed by atoms with Crippen molar-refractivity contribution < 1.29 is 14.0 Å². The molecular weight excluding hydrogens is 453 g/mol. The second kappa shape index (κ2) is 12.3. The van der Waals surface area contributed by atoms with E-state index in [1.54, 1.807) is 6.07 Å². The van der Waals surface area contributed by atoms with E-state index in [4.69, 9.17) is 0 Å². The summed E-state index contributed by atoms with van der Waals surface area (Å²) in [7, 11) is 3.91. The molecule has 3 aromatic rings.